The second-order valence-electron chi connectivity index (χ2n) is 8.65. The number of halogens is 1. The average Bonchev–Trinajstić information content (AvgIpc) is 3.43. The molecule has 0 aromatic carbocycles. The third-order valence-electron chi connectivity index (χ3n) is 6.37. The Morgan fingerprint density at radius 3 is 2.81 bits per heavy atom. The summed E-state index contributed by atoms with van der Waals surface area (Å²) in [5.41, 5.74) is 2.31. The number of aromatic nitrogens is 5. The SMILES string of the molecule is Cc1[nH]c2ncncc2c1-c1ncc(F)c(N[C@@H]2CCC[C@H](NC(=O)N3CCCC3)C2)n1. The Hall–Kier alpha value is -3.30. The lowest BCUT2D eigenvalue weighted by atomic mass is 9.91. The smallest absolute Gasteiger partial charge is 0.317 e. The van der Waals surface area contributed by atoms with Gasteiger partial charge in [0.25, 0.3) is 0 Å². The number of aryl methyl sites for hydroxylation is 1. The summed E-state index contributed by atoms with van der Waals surface area (Å²) in [4.78, 5) is 34.6. The van der Waals surface area contributed by atoms with Crippen molar-refractivity contribution in [1.29, 1.82) is 0 Å². The van der Waals surface area contributed by atoms with Crippen LogP contribution in [0.15, 0.2) is 18.7 Å². The lowest BCUT2D eigenvalue weighted by Gasteiger charge is -2.32. The van der Waals surface area contributed by atoms with Crippen LogP contribution in [0.4, 0.5) is 15.0 Å². The molecule has 1 saturated carbocycles. The summed E-state index contributed by atoms with van der Waals surface area (Å²) in [6.07, 6.45) is 10.0. The van der Waals surface area contributed by atoms with Gasteiger partial charge in [-0.25, -0.2) is 29.1 Å². The lowest BCUT2D eigenvalue weighted by molar-refractivity contribution is 0.199. The van der Waals surface area contributed by atoms with Crippen LogP contribution in [-0.2, 0) is 0 Å². The number of likely N-dealkylation sites (tertiary alicyclic amines) is 1. The number of amides is 2. The Balaban J connectivity index is 1.32. The minimum atomic E-state index is -0.495. The molecule has 10 heteroatoms. The van der Waals surface area contributed by atoms with E-state index in [1.54, 1.807) is 6.20 Å². The molecule has 1 aliphatic heterocycles. The molecule has 1 saturated heterocycles. The predicted octanol–water partition coefficient (Wildman–Crippen LogP) is 3.39. The van der Waals surface area contributed by atoms with Crippen LogP contribution in [0.5, 0.6) is 0 Å². The number of aromatic amines is 1. The second-order valence-corrected chi connectivity index (χ2v) is 8.65. The van der Waals surface area contributed by atoms with Crippen molar-refractivity contribution < 1.29 is 9.18 Å². The summed E-state index contributed by atoms with van der Waals surface area (Å²) in [6, 6.07) is 0.115. The number of fused-ring (bicyclic) bond motifs is 1. The van der Waals surface area contributed by atoms with Gasteiger partial charge in [-0.15, -0.1) is 0 Å². The van der Waals surface area contributed by atoms with E-state index in [1.807, 2.05) is 11.8 Å². The maximum Gasteiger partial charge on any atom is 0.317 e. The van der Waals surface area contributed by atoms with Crippen LogP contribution in [0, 0.1) is 12.7 Å². The van der Waals surface area contributed by atoms with Gasteiger partial charge in [-0.1, -0.05) is 0 Å². The van der Waals surface area contributed by atoms with Gasteiger partial charge in [0.2, 0.25) is 0 Å². The molecule has 4 heterocycles. The number of urea groups is 1. The van der Waals surface area contributed by atoms with Crippen LogP contribution in [0.3, 0.4) is 0 Å². The van der Waals surface area contributed by atoms with E-state index in [0.29, 0.717) is 11.5 Å². The molecule has 9 nitrogen and oxygen atoms in total. The summed E-state index contributed by atoms with van der Waals surface area (Å²) in [6.45, 7) is 3.56. The van der Waals surface area contributed by atoms with E-state index in [1.165, 1.54) is 12.5 Å². The molecule has 0 radical (unpaired) electrons. The van der Waals surface area contributed by atoms with E-state index in [4.69, 9.17) is 0 Å². The van der Waals surface area contributed by atoms with E-state index in [9.17, 15) is 9.18 Å². The predicted molar refractivity (Wildman–Crippen MR) is 119 cm³/mol. The fraction of sp³-hybridized carbons (Fsp3) is 0.500. The first-order valence-corrected chi connectivity index (χ1v) is 11.2. The molecule has 5 rings (SSSR count). The number of anilines is 1. The topological polar surface area (TPSA) is 112 Å². The molecule has 3 N–H and O–H groups in total. The standard InChI is InChI=1S/C22H27FN8O/c1-13-18(16-10-24-12-26-19(16)27-13)21-25-11-17(23)20(30-21)28-14-5-4-6-15(9-14)29-22(32)31-7-2-3-8-31/h10-12,14-15H,2-9H2,1H3,(H,29,32)(H,24,26,27)(H,25,28,30)/t14-,15+/m1/s1. The van der Waals surface area contributed by atoms with E-state index < -0.39 is 5.82 Å². The van der Waals surface area contributed by atoms with Gasteiger partial charge in [0.15, 0.2) is 17.5 Å². The minimum absolute atomic E-state index is 0.0145. The summed E-state index contributed by atoms with van der Waals surface area (Å²) in [7, 11) is 0. The highest BCUT2D eigenvalue weighted by atomic mass is 19.1. The molecule has 3 aromatic heterocycles. The average molecular weight is 439 g/mol. The van der Waals surface area contributed by atoms with Crippen LogP contribution >= 0.6 is 0 Å². The molecule has 2 aliphatic rings. The van der Waals surface area contributed by atoms with Crippen molar-refractivity contribution in [3.05, 3.63) is 30.2 Å². The lowest BCUT2D eigenvalue weighted by Crippen LogP contribution is -2.47. The summed E-state index contributed by atoms with van der Waals surface area (Å²) >= 11 is 0. The van der Waals surface area contributed by atoms with Crippen molar-refractivity contribution in [2.24, 2.45) is 0 Å². The number of hydrogen-bond acceptors (Lipinski definition) is 6. The van der Waals surface area contributed by atoms with E-state index in [-0.39, 0.29) is 23.9 Å². The Labute approximate surface area is 185 Å². The van der Waals surface area contributed by atoms with Crippen LogP contribution in [0.1, 0.15) is 44.2 Å². The molecule has 1 aliphatic carbocycles. The van der Waals surface area contributed by atoms with Crippen molar-refractivity contribution in [1.82, 2.24) is 35.1 Å². The first-order valence-electron chi connectivity index (χ1n) is 11.2. The Morgan fingerprint density at radius 1 is 1.16 bits per heavy atom. The maximum atomic E-state index is 14.6. The molecule has 32 heavy (non-hydrogen) atoms. The van der Waals surface area contributed by atoms with Crippen molar-refractivity contribution in [3.63, 3.8) is 0 Å². The highest BCUT2D eigenvalue weighted by molar-refractivity contribution is 5.93. The number of hydrogen-bond donors (Lipinski definition) is 3. The fourth-order valence-electron chi connectivity index (χ4n) is 4.76. The van der Waals surface area contributed by atoms with Gasteiger partial charge in [0.1, 0.15) is 12.0 Å². The maximum absolute atomic E-state index is 14.6. The monoisotopic (exact) mass is 438 g/mol. The Kier molecular flexibility index (Phi) is 5.59. The molecular formula is C22H27FN8O. The molecule has 3 aromatic rings. The zero-order valence-corrected chi connectivity index (χ0v) is 18.1. The zero-order valence-electron chi connectivity index (χ0n) is 18.1. The number of nitrogens with one attached hydrogen (secondary N) is 3. The molecular weight excluding hydrogens is 411 g/mol. The number of carbonyl (C=O) groups is 1. The van der Waals surface area contributed by atoms with Crippen LogP contribution < -0.4 is 10.6 Å². The number of rotatable bonds is 4. The summed E-state index contributed by atoms with van der Waals surface area (Å²) in [5.74, 6) is 0.102. The quantitative estimate of drug-likeness (QED) is 0.576. The molecule has 0 unspecified atom stereocenters. The molecule has 2 atom stereocenters. The fourth-order valence-corrected chi connectivity index (χ4v) is 4.76. The minimum Gasteiger partial charge on any atom is -0.365 e. The van der Waals surface area contributed by atoms with Gasteiger partial charge in [-0.3, -0.25) is 0 Å². The van der Waals surface area contributed by atoms with Gasteiger partial charge < -0.3 is 20.5 Å². The van der Waals surface area contributed by atoms with Crippen molar-refractivity contribution in [2.45, 2.75) is 57.5 Å². The molecule has 0 bridgehead atoms. The van der Waals surface area contributed by atoms with Crippen molar-refractivity contribution >= 4 is 22.9 Å². The first-order chi connectivity index (χ1) is 15.6. The summed E-state index contributed by atoms with van der Waals surface area (Å²) < 4.78 is 14.6. The number of carbonyl (C=O) groups excluding carboxylic acids is 1. The highest BCUT2D eigenvalue weighted by Gasteiger charge is 2.27. The van der Waals surface area contributed by atoms with Gasteiger partial charge in [-0.2, -0.15) is 0 Å². The van der Waals surface area contributed by atoms with Gasteiger partial charge >= 0.3 is 6.03 Å². The van der Waals surface area contributed by atoms with E-state index in [0.717, 1.165) is 68.3 Å². The van der Waals surface area contributed by atoms with Gasteiger partial charge in [-0.05, 0) is 45.4 Å². The third-order valence-corrected chi connectivity index (χ3v) is 6.37. The largest absolute Gasteiger partial charge is 0.365 e. The van der Waals surface area contributed by atoms with Crippen LogP contribution in [0.25, 0.3) is 22.4 Å². The molecule has 2 fully saturated rings. The number of nitrogens with zero attached hydrogens (tertiary/aromatic N) is 5. The van der Waals surface area contributed by atoms with E-state index in [2.05, 4.69) is 35.6 Å². The Morgan fingerprint density at radius 2 is 1.97 bits per heavy atom. The highest BCUT2D eigenvalue weighted by Crippen LogP contribution is 2.30. The third kappa shape index (κ3) is 4.09. The molecule has 0 spiro atoms. The van der Waals surface area contributed by atoms with Gasteiger partial charge in [0, 0.05) is 42.5 Å². The first kappa shape index (κ1) is 20.6. The molecule has 168 valence electrons. The van der Waals surface area contributed by atoms with Crippen molar-refractivity contribution in [2.75, 3.05) is 18.4 Å². The number of H-pyrrole nitrogens is 1. The second kappa shape index (κ2) is 8.68. The molecule has 2 amide bonds. The summed E-state index contributed by atoms with van der Waals surface area (Å²) in [5, 5.41) is 7.21. The van der Waals surface area contributed by atoms with E-state index >= 15 is 0 Å². The normalized spacial score (nSPS) is 21.1. The van der Waals surface area contributed by atoms with Crippen molar-refractivity contribution in [3.8, 4) is 11.4 Å². The zero-order chi connectivity index (χ0) is 22.1. The van der Waals surface area contributed by atoms with Crippen LogP contribution in [0.2, 0.25) is 0 Å². The van der Waals surface area contributed by atoms with Crippen LogP contribution in [-0.4, -0.2) is 61.0 Å². The van der Waals surface area contributed by atoms with Gasteiger partial charge in [0.05, 0.1) is 11.8 Å². The Bertz CT molecular complexity index is 1130.